The van der Waals surface area contributed by atoms with Crippen molar-refractivity contribution in [1.82, 2.24) is 0 Å². The third-order valence-electron chi connectivity index (χ3n) is 2.81. The highest BCUT2D eigenvalue weighted by molar-refractivity contribution is 6.10. The molecule has 2 N–H and O–H groups in total. The van der Waals surface area contributed by atoms with E-state index in [0.29, 0.717) is 11.3 Å². The number of aryl methyl sites for hydroxylation is 2. The average molecular weight is 225 g/mol. The fourth-order valence-electron chi connectivity index (χ4n) is 1.77. The van der Waals surface area contributed by atoms with Gasteiger partial charge in [0.05, 0.1) is 0 Å². The van der Waals surface area contributed by atoms with Gasteiger partial charge < -0.3 is 5.73 Å². The molecule has 0 saturated heterocycles. The molecule has 2 aromatic carbocycles. The van der Waals surface area contributed by atoms with Crippen molar-refractivity contribution in [1.29, 1.82) is 0 Å². The molecular weight excluding hydrogens is 210 g/mol. The lowest BCUT2D eigenvalue weighted by Crippen LogP contribution is -2.04. The molecule has 0 aromatic heterocycles. The largest absolute Gasteiger partial charge is 0.399 e. The standard InChI is InChI=1S/C15H15NO/c1-10-3-4-11(2)14(9-10)15(17)12-5-7-13(16)8-6-12/h3-9H,16H2,1-2H3. The number of carbonyl (C=O) groups excluding carboxylic acids is 1. The summed E-state index contributed by atoms with van der Waals surface area (Å²) in [5.41, 5.74) is 9.80. The second-order valence-corrected chi connectivity index (χ2v) is 4.27. The van der Waals surface area contributed by atoms with E-state index in [1.54, 1.807) is 24.3 Å². The topological polar surface area (TPSA) is 43.1 Å². The lowest BCUT2D eigenvalue weighted by Gasteiger charge is -2.06. The monoisotopic (exact) mass is 225 g/mol. The lowest BCUT2D eigenvalue weighted by molar-refractivity contribution is 0.103. The Hall–Kier alpha value is -2.09. The molecule has 0 unspecified atom stereocenters. The van der Waals surface area contributed by atoms with E-state index in [9.17, 15) is 4.79 Å². The number of nitrogen functional groups attached to an aromatic ring is 1. The number of ketones is 1. The molecule has 2 rings (SSSR count). The van der Waals surface area contributed by atoms with Crippen LogP contribution in [0.4, 0.5) is 5.69 Å². The summed E-state index contributed by atoms with van der Waals surface area (Å²) in [5.74, 6) is 0.0474. The first kappa shape index (κ1) is 11.4. The molecule has 0 amide bonds. The highest BCUT2D eigenvalue weighted by atomic mass is 16.1. The molecule has 0 aliphatic rings. The van der Waals surface area contributed by atoms with Crippen LogP contribution in [0.5, 0.6) is 0 Å². The van der Waals surface area contributed by atoms with E-state index in [1.165, 1.54) is 0 Å². The lowest BCUT2D eigenvalue weighted by atomic mass is 9.97. The third kappa shape index (κ3) is 2.36. The van der Waals surface area contributed by atoms with Gasteiger partial charge in [0.1, 0.15) is 0 Å². The molecule has 2 aromatic rings. The molecule has 0 fully saturated rings. The van der Waals surface area contributed by atoms with Crippen LogP contribution in [0.1, 0.15) is 27.0 Å². The Labute approximate surface area is 101 Å². The first-order valence-electron chi connectivity index (χ1n) is 5.55. The first-order valence-corrected chi connectivity index (χ1v) is 5.55. The number of hydrogen-bond donors (Lipinski definition) is 1. The molecular formula is C15H15NO. The van der Waals surface area contributed by atoms with Gasteiger partial charge in [-0.3, -0.25) is 4.79 Å². The van der Waals surface area contributed by atoms with Gasteiger partial charge in [0.15, 0.2) is 5.78 Å². The van der Waals surface area contributed by atoms with Crippen molar-refractivity contribution in [2.75, 3.05) is 5.73 Å². The maximum atomic E-state index is 12.3. The number of rotatable bonds is 2. The Kier molecular flexibility index (Phi) is 2.96. The van der Waals surface area contributed by atoms with E-state index in [0.717, 1.165) is 16.7 Å². The predicted molar refractivity (Wildman–Crippen MR) is 70.2 cm³/mol. The number of benzene rings is 2. The predicted octanol–water partition coefficient (Wildman–Crippen LogP) is 3.12. The smallest absolute Gasteiger partial charge is 0.193 e. The van der Waals surface area contributed by atoms with E-state index in [2.05, 4.69) is 0 Å². The van der Waals surface area contributed by atoms with Crippen molar-refractivity contribution in [3.63, 3.8) is 0 Å². The summed E-state index contributed by atoms with van der Waals surface area (Å²) in [7, 11) is 0. The van der Waals surface area contributed by atoms with E-state index in [-0.39, 0.29) is 5.78 Å². The maximum Gasteiger partial charge on any atom is 0.193 e. The van der Waals surface area contributed by atoms with Crippen LogP contribution in [0.15, 0.2) is 42.5 Å². The van der Waals surface area contributed by atoms with Crippen LogP contribution in [0.2, 0.25) is 0 Å². The number of anilines is 1. The Morgan fingerprint density at radius 3 is 2.29 bits per heavy atom. The Bertz CT molecular complexity index is 556. The van der Waals surface area contributed by atoms with Crippen LogP contribution in [0.3, 0.4) is 0 Å². The van der Waals surface area contributed by atoms with Crippen molar-refractivity contribution in [2.45, 2.75) is 13.8 Å². The molecule has 2 heteroatoms. The van der Waals surface area contributed by atoms with Crippen molar-refractivity contribution in [2.24, 2.45) is 0 Å². The minimum Gasteiger partial charge on any atom is -0.399 e. The average Bonchev–Trinajstić information content (AvgIpc) is 2.32. The van der Waals surface area contributed by atoms with Gasteiger partial charge >= 0.3 is 0 Å². The Morgan fingerprint density at radius 1 is 1.00 bits per heavy atom. The highest BCUT2D eigenvalue weighted by Gasteiger charge is 2.11. The van der Waals surface area contributed by atoms with Gasteiger partial charge in [-0.2, -0.15) is 0 Å². The van der Waals surface area contributed by atoms with Gasteiger partial charge in [0, 0.05) is 16.8 Å². The van der Waals surface area contributed by atoms with Crippen LogP contribution in [-0.2, 0) is 0 Å². The number of carbonyl (C=O) groups is 1. The van der Waals surface area contributed by atoms with E-state index >= 15 is 0 Å². The molecule has 0 aliphatic heterocycles. The maximum absolute atomic E-state index is 12.3. The van der Waals surface area contributed by atoms with Crippen LogP contribution in [-0.4, -0.2) is 5.78 Å². The molecule has 17 heavy (non-hydrogen) atoms. The van der Waals surface area contributed by atoms with Gasteiger partial charge in [0.25, 0.3) is 0 Å². The summed E-state index contributed by atoms with van der Waals surface area (Å²) in [6.07, 6.45) is 0. The summed E-state index contributed by atoms with van der Waals surface area (Å²) in [6.45, 7) is 3.93. The molecule has 0 atom stereocenters. The van der Waals surface area contributed by atoms with Crippen molar-refractivity contribution in [3.8, 4) is 0 Å². The molecule has 0 heterocycles. The summed E-state index contributed by atoms with van der Waals surface area (Å²) in [4.78, 5) is 12.3. The summed E-state index contributed by atoms with van der Waals surface area (Å²) >= 11 is 0. The molecule has 0 radical (unpaired) electrons. The third-order valence-corrected chi connectivity index (χ3v) is 2.81. The normalized spacial score (nSPS) is 10.2. The zero-order valence-corrected chi connectivity index (χ0v) is 10.0. The molecule has 0 saturated carbocycles. The summed E-state index contributed by atoms with van der Waals surface area (Å²) < 4.78 is 0. The van der Waals surface area contributed by atoms with E-state index in [4.69, 9.17) is 5.73 Å². The minimum absolute atomic E-state index is 0.0474. The second kappa shape index (κ2) is 4.42. The van der Waals surface area contributed by atoms with Crippen LogP contribution in [0, 0.1) is 13.8 Å². The second-order valence-electron chi connectivity index (χ2n) is 4.27. The first-order chi connectivity index (χ1) is 8.08. The van der Waals surface area contributed by atoms with E-state index < -0.39 is 0 Å². The fraction of sp³-hybridized carbons (Fsp3) is 0.133. The highest BCUT2D eigenvalue weighted by Crippen LogP contribution is 2.16. The minimum atomic E-state index is 0.0474. The van der Waals surface area contributed by atoms with Crippen molar-refractivity contribution >= 4 is 11.5 Å². The van der Waals surface area contributed by atoms with Crippen LogP contribution < -0.4 is 5.73 Å². The Morgan fingerprint density at radius 2 is 1.65 bits per heavy atom. The Balaban J connectivity index is 2.43. The zero-order chi connectivity index (χ0) is 12.4. The summed E-state index contributed by atoms with van der Waals surface area (Å²) in [6, 6.07) is 12.9. The van der Waals surface area contributed by atoms with Gasteiger partial charge in [-0.25, -0.2) is 0 Å². The van der Waals surface area contributed by atoms with Crippen LogP contribution >= 0.6 is 0 Å². The molecule has 2 nitrogen and oxygen atoms in total. The molecule has 0 aliphatic carbocycles. The van der Waals surface area contributed by atoms with Gasteiger partial charge in [-0.15, -0.1) is 0 Å². The van der Waals surface area contributed by atoms with Gasteiger partial charge in [0.2, 0.25) is 0 Å². The SMILES string of the molecule is Cc1ccc(C)c(C(=O)c2ccc(N)cc2)c1. The van der Waals surface area contributed by atoms with Gasteiger partial charge in [-0.1, -0.05) is 17.7 Å². The number of hydrogen-bond acceptors (Lipinski definition) is 2. The fourth-order valence-corrected chi connectivity index (χ4v) is 1.77. The summed E-state index contributed by atoms with van der Waals surface area (Å²) in [5, 5.41) is 0. The number of nitrogens with two attached hydrogens (primary N) is 1. The zero-order valence-electron chi connectivity index (χ0n) is 10.0. The molecule has 0 spiro atoms. The van der Waals surface area contributed by atoms with Crippen molar-refractivity contribution < 1.29 is 4.79 Å². The van der Waals surface area contributed by atoms with Crippen molar-refractivity contribution in [3.05, 3.63) is 64.7 Å². The molecule has 0 bridgehead atoms. The van der Waals surface area contributed by atoms with Gasteiger partial charge in [-0.05, 0) is 49.7 Å². The van der Waals surface area contributed by atoms with Crippen LogP contribution in [0.25, 0.3) is 0 Å². The molecule has 86 valence electrons. The quantitative estimate of drug-likeness (QED) is 0.630. The van der Waals surface area contributed by atoms with E-state index in [1.807, 2.05) is 32.0 Å².